The van der Waals surface area contributed by atoms with Gasteiger partial charge in [0, 0.05) is 24.0 Å². The van der Waals surface area contributed by atoms with Crippen molar-refractivity contribution in [2.45, 2.75) is 78.1 Å². The van der Waals surface area contributed by atoms with E-state index in [1.807, 2.05) is 0 Å². The molecule has 0 unspecified atom stereocenters. The standard InChI is InChI=1S/C24H38O8/c1-19(2)23(27)31-17-11-7-13-21(25)29-15-9-5-6-10-16-30-22(26)14-8-12-18-32-24(28)20(3)4/h1,3,5-18H2,2,4H3. The number of unbranched alkanes of at least 4 members (excludes halogenated alkanes) is 5. The van der Waals surface area contributed by atoms with Gasteiger partial charge in [-0.1, -0.05) is 13.2 Å². The largest absolute Gasteiger partial charge is 0.466 e. The highest BCUT2D eigenvalue weighted by molar-refractivity contribution is 5.87. The Morgan fingerprint density at radius 1 is 0.500 bits per heavy atom. The van der Waals surface area contributed by atoms with E-state index < -0.39 is 11.9 Å². The Kier molecular flexibility index (Phi) is 17.5. The second-order valence-electron chi connectivity index (χ2n) is 7.60. The van der Waals surface area contributed by atoms with Crippen LogP contribution in [0.3, 0.4) is 0 Å². The summed E-state index contributed by atoms with van der Waals surface area (Å²) in [6.07, 6.45) is 6.32. The van der Waals surface area contributed by atoms with Crippen LogP contribution in [0.4, 0.5) is 0 Å². The molecular weight excluding hydrogens is 416 g/mol. The molecule has 0 atom stereocenters. The van der Waals surface area contributed by atoms with Gasteiger partial charge in [0.15, 0.2) is 0 Å². The topological polar surface area (TPSA) is 105 Å². The van der Waals surface area contributed by atoms with Crippen molar-refractivity contribution < 1.29 is 38.1 Å². The molecular formula is C24H38O8. The van der Waals surface area contributed by atoms with Crippen molar-refractivity contribution in [1.82, 2.24) is 0 Å². The molecule has 0 spiro atoms. The fourth-order valence-corrected chi connectivity index (χ4v) is 2.39. The van der Waals surface area contributed by atoms with Gasteiger partial charge in [-0.25, -0.2) is 9.59 Å². The van der Waals surface area contributed by atoms with E-state index >= 15 is 0 Å². The van der Waals surface area contributed by atoms with Gasteiger partial charge in [0.05, 0.1) is 26.4 Å². The minimum atomic E-state index is -0.416. The summed E-state index contributed by atoms with van der Waals surface area (Å²) < 4.78 is 20.2. The minimum absolute atomic E-state index is 0.250. The summed E-state index contributed by atoms with van der Waals surface area (Å²) in [5.41, 5.74) is 0.719. The third-order valence-electron chi connectivity index (χ3n) is 4.28. The number of rotatable bonds is 19. The average molecular weight is 455 g/mol. The molecule has 8 nitrogen and oxygen atoms in total. The minimum Gasteiger partial charge on any atom is -0.466 e. The van der Waals surface area contributed by atoms with Gasteiger partial charge in [-0.05, 0) is 65.2 Å². The lowest BCUT2D eigenvalue weighted by Gasteiger charge is -2.07. The van der Waals surface area contributed by atoms with E-state index in [1.54, 1.807) is 13.8 Å². The molecule has 0 aromatic heterocycles. The third kappa shape index (κ3) is 18.2. The second-order valence-corrected chi connectivity index (χ2v) is 7.60. The highest BCUT2D eigenvalue weighted by atomic mass is 16.5. The van der Waals surface area contributed by atoms with Crippen LogP contribution in [-0.2, 0) is 38.1 Å². The van der Waals surface area contributed by atoms with E-state index in [4.69, 9.17) is 18.9 Å². The Hall–Kier alpha value is -2.64. The van der Waals surface area contributed by atoms with E-state index in [1.165, 1.54) is 0 Å². The van der Waals surface area contributed by atoms with Crippen LogP contribution < -0.4 is 0 Å². The van der Waals surface area contributed by atoms with Crippen LogP contribution in [0.5, 0.6) is 0 Å². The third-order valence-corrected chi connectivity index (χ3v) is 4.28. The monoisotopic (exact) mass is 454 g/mol. The van der Waals surface area contributed by atoms with Crippen molar-refractivity contribution >= 4 is 23.9 Å². The van der Waals surface area contributed by atoms with Crippen molar-refractivity contribution in [2.24, 2.45) is 0 Å². The van der Waals surface area contributed by atoms with Gasteiger partial charge in [0.1, 0.15) is 0 Å². The molecule has 0 amide bonds. The molecule has 0 N–H and O–H groups in total. The van der Waals surface area contributed by atoms with Gasteiger partial charge in [-0.3, -0.25) is 9.59 Å². The molecule has 0 fully saturated rings. The van der Waals surface area contributed by atoms with Crippen LogP contribution in [0, 0.1) is 0 Å². The van der Waals surface area contributed by atoms with Gasteiger partial charge in [-0.15, -0.1) is 0 Å². The van der Waals surface area contributed by atoms with Crippen LogP contribution in [0.25, 0.3) is 0 Å². The normalized spacial score (nSPS) is 10.2. The molecule has 0 saturated heterocycles. The molecule has 0 bridgehead atoms. The highest BCUT2D eigenvalue weighted by Crippen LogP contribution is 2.05. The first-order chi connectivity index (χ1) is 15.2. The summed E-state index contributed by atoms with van der Waals surface area (Å²) in [6, 6.07) is 0. The van der Waals surface area contributed by atoms with Crippen LogP contribution in [0.15, 0.2) is 24.3 Å². The van der Waals surface area contributed by atoms with Crippen LogP contribution in [0.1, 0.15) is 78.1 Å². The Morgan fingerprint density at radius 2 is 0.812 bits per heavy atom. The Morgan fingerprint density at radius 3 is 1.16 bits per heavy atom. The molecule has 0 aliphatic rings. The smallest absolute Gasteiger partial charge is 0.333 e. The lowest BCUT2D eigenvalue weighted by atomic mass is 10.2. The van der Waals surface area contributed by atoms with Gasteiger partial charge in [-0.2, -0.15) is 0 Å². The zero-order valence-corrected chi connectivity index (χ0v) is 19.6. The molecule has 0 saturated carbocycles. The number of hydrogen-bond donors (Lipinski definition) is 0. The first-order valence-electron chi connectivity index (χ1n) is 11.2. The van der Waals surface area contributed by atoms with Crippen molar-refractivity contribution in [3.8, 4) is 0 Å². The lowest BCUT2D eigenvalue weighted by molar-refractivity contribution is -0.145. The molecule has 0 radical (unpaired) electrons. The summed E-state index contributed by atoms with van der Waals surface area (Å²) in [4.78, 5) is 45.6. The molecule has 0 aromatic rings. The second kappa shape index (κ2) is 19.1. The van der Waals surface area contributed by atoms with Crippen LogP contribution in [0.2, 0.25) is 0 Å². The summed E-state index contributed by atoms with van der Waals surface area (Å²) in [5, 5.41) is 0. The van der Waals surface area contributed by atoms with Crippen LogP contribution in [-0.4, -0.2) is 50.3 Å². The number of carbonyl (C=O) groups is 4. The van der Waals surface area contributed by atoms with Crippen molar-refractivity contribution in [3.63, 3.8) is 0 Å². The maximum Gasteiger partial charge on any atom is 0.333 e. The maximum atomic E-state index is 11.6. The quantitative estimate of drug-likeness (QED) is 0.124. The van der Waals surface area contributed by atoms with Crippen molar-refractivity contribution in [3.05, 3.63) is 24.3 Å². The summed E-state index contributed by atoms with van der Waals surface area (Å²) in [5.74, 6) is -1.33. The van der Waals surface area contributed by atoms with Crippen molar-refractivity contribution in [2.75, 3.05) is 26.4 Å². The average Bonchev–Trinajstić information content (AvgIpc) is 2.74. The summed E-state index contributed by atoms with van der Waals surface area (Å²) in [7, 11) is 0. The lowest BCUT2D eigenvalue weighted by Crippen LogP contribution is -2.09. The van der Waals surface area contributed by atoms with E-state index in [-0.39, 0.29) is 25.2 Å². The number of hydrogen-bond acceptors (Lipinski definition) is 8. The zero-order valence-electron chi connectivity index (χ0n) is 19.6. The summed E-state index contributed by atoms with van der Waals surface area (Å²) >= 11 is 0. The van der Waals surface area contributed by atoms with E-state index in [2.05, 4.69) is 13.2 Å². The zero-order chi connectivity index (χ0) is 24.2. The van der Waals surface area contributed by atoms with Crippen LogP contribution >= 0.6 is 0 Å². The molecule has 32 heavy (non-hydrogen) atoms. The van der Waals surface area contributed by atoms with Gasteiger partial charge in [0.25, 0.3) is 0 Å². The van der Waals surface area contributed by atoms with Crippen molar-refractivity contribution in [1.29, 1.82) is 0 Å². The number of carbonyl (C=O) groups excluding carboxylic acids is 4. The molecule has 182 valence electrons. The highest BCUT2D eigenvalue weighted by Gasteiger charge is 2.06. The first-order valence-corrected chi connectivity index (χ1v) is 11.2. The fraction of sp³-hybridized carbons (Fsp3) is 0.667. The molecule has 0 aliphatic carbocycles. The van der Waals surface area contributed by atoms with Gasteiger partial charge in [0.2, 0.25) is 0 Å². The predicted molar refractivity (Wildman–Crippen MR) is 120 cm³/mol. The van der Waals surface area contributed by atoms with Gasteiger partial charge >= 0.3 is 23.9 Å². The molecule has 0 aromatic carbocycles. The molecule has 0 aliphatic heterocycles. The van der Waals surface area contributed by atoms with E-state index in [9.17, 15) is 19.2 Å². The summed E-state index contributed by atoms with van der Waals surface area (Å²) in [6.45, 7) is 11.5. The Labute approximate surface area is 191 Å². The van der Waals surface area contributed by atoms with E-state index in [0.29, 0.717) is 62.9 Å². The maximum absolute atomic E-state index is 11.6. The molecule has 8 heteroatoms. The molecule has 0 rings (SSSR count). The molecule has 0 heterocycles. The number of ether oxygens (including phenoxy) is 4. The van der Waals surface area contributed by atoms with E-state index in [0.717, 1.165) is 25.7 Å². The van der Waals surface area contributed by atoms with Gasteiger partial charge < -0.3 is 18.9 Å². The SMILES string of the molecule is C=C(C)C(=O)OCCCCC(=O)OCCCCCCOC(=O)CCCCOC(=O)C(=C)C. The Balaban J connectivity index is 3.42. The fourth-order valence-electron chi connectivity index (χ4n) is 2.39. The first kappa shape index (κ1) is 29.4. The predicted octanol–water partition coefficient (Wildman–Crippen LogP) is 4.21. The number of esters is 4. The Bertz CT molecular complexity index is 569.